The van der Waals surface area contributed by atoms with E-state index in [-0.39, 0.29) is 23.1 Å². The summed E-state index contributed by atoms with van der Waals surface area (Å²) >= 11 is 0. The van der Waals surface area contributed by atoms with Crippen LogP contribution in [-0.4, -0.2) is 64.7 Å². The molecule has 2 fully saturated rings. The molecule has 3 aromatic heterocycles. The van der Waals surface area contributed by atoms with Crippen LogP contribution in [0, 0.1) is 11.3 Å². The summed E-state index contributed by atoms with van der Waals surface area (Å²) in [6.07, 6.45) is 0. The van der Waals surface area contributed by atoms with Crippen molar-refractivity contribution in [1.29, 1.82) is 0 Å². The summed E-state index contributed by atoms with van der Waals surface area (Å²) in [6.45, 7) is 7.46. The number of phenolic OH excluding ortho intramolecular Hbond substituents is 1. The van der Waals surface area contributed by atoms with Crippen molar-refractivity contribution in [1.82, 2.24) is 20.3 Å². The standard InChI is InChI=1S/C27H28N6O4/c1-16(2)25(26(35)36-3)22-11-24(31-37-22)33-14-27(15-33)12-32(13-27)23-9-8-18-20(28-23)10-19(30-29-18)17-6-4-5-7-21(17)34/h4-11,16,25,34H,12-15H2,1-3H3. The van der Waals surface area contributed by atoms with E-state index in [1.807, 2.05) is 50.2 Å². The lowest BCUT2D eigenvalue weighted by Crippen LogP contribution is -2.72. The zero-order chi connectivity index (χ0) is 25.7. The van der Waals surface area contributed by atoms with Gasteiger partial charge in [0.05, 0.1) is 18.3 Å². The third-order valence-electron chi connectivity index (χ3n) is 7.30. The van der Waals surface area contributed by atoms with Crippen molar-refractivity contribution in [3.8, 4) is 17.0 Å². The predicted octanol–water partition coefficient (Wildman–Crippen LogP) is 3.62. The normalized spacial score (nSPS) is 17.1. The Morgan fingerprint density at radius 3 is 2.43 bits per heavy atom. The van der Waals surface area contributed by atoms with Crippen LogP contribution in [0.25, 0.3) is 22.3 Å². The Morgan fingerprint density at radius 2 is 1.73 bits per heavy atom. The van der Waals surface area contributed by atoms with Gasteiger partial charge in [-0.05, 0) is 36.2 Å². The molecule has 1 N–H and O–H groups in total. The maximum Gasteiger partial charge on any atom is 0.316 e. The van der Waals surface area contributed by atoms with Gasteiger partial charge >= 0.3 is 5.97 Å². The molecule has 0 amide bonds. The van der Waals surface area contributed by atoms with E-state index in [0.29, 0.717) is 22.5 Å². The summed E-state index contributed by atoms with van der Waals surface area (Å²) < 4.78 is 10.5. The first-order chi connectivity index (χ1) is 17.9. The number of hydrogen-bond donors (Lipinski definition) is 1. The largest absolute Gasteiger partial charge is 0.507 e. The molecule has 4 aromatic rings. The monoisotopic (exact) mass is 500 g/mol. The summed E-state index contributed by atoms with van der Waals surface area (Å²) in [5.41, 5.74) is 2.85. The fourth-order valence-electron chi connectivity index (χ4n) is 5.38. The molecule has 2 aliphatic rings. The van der Waals surface area contributed by atoms with E-state index >= 15 is 0 Å². The molecule has 6 rings (SSSR count). The number of carbonyl (C=O) groups excluding carboxylic acids is 1. The van der Waals surface area contributed by atoms with Gasteiger partial charge in [-0.1, -0.05) is 31.1 Å². The number of nitrogens with zero attached hydrogens (tertiary/aromatic N) is 6. The van der Waals surface area contributed by atoms with Crippen molar-refractivity contribution in [2.24, 2.45) is 11.3 Å². The number of aromatic nitrogens is 4. The maximum atomic E-state index is 12.2. The van der Waals surface area contributed by atoms with E-state index in [2.05, 4.69) is 25.2 Å². The molecule has 0 saturated carbocycles. The molecule has 2 aliphatic heterocycles. The molecule has 0 radical (unpaired) electrons. The van der Waals surface area contributed by atoms with Crippen molar-refractivity contribution in [3.63, 3.8) is 0 Å². The number of aromatic hydroxyl groups is 1. The lowest BCUT2D eigenvalue weighted by Gasteiger charge is -2.60. The summed E-state index contributed by atoms with van der Waals surface area (Å²) in [7, 11) is 1.39. The SMILES string of the molecule is COC(=O)C(c1cc(N2CC3(C2)CN(c2ccc4nnc(-c5ccccc5O)cc4n2)C3)no1)C(C)C. The number of phenols is 1. The van der Waals surface area contributed by atoms with Crippen molar-refractivity contribution in [2.75, 3.05) is 43.1 Å². The first kappa shape index (κ1) is 23.2. The van der Waals surface area contributed by atoms with Gasteiger partial charge in [0.2, 0.25) is 0 Å². The van der Waals surface area contributed by atoms with Crippen LogP contribution in [0.2, 0.25) is 0 Å². The summed E-state index contributed by atoms with van der Waals surface area (Å²) in [6, 6.07) is 14.7. The summed E-state index contributed by atoms with van der Waals surface area (Å²) in [5, 5.41) is 22.9. The minimum atomic E-state index is -0.462. The molecule has 5 heterocycles. The van der Waals surface area contributed by atoms with E-state index in [1.54, 1.807) is 12.1 Å². The van der Waals surface area contributed by atoms with Crippen LogP contribution in [0.1, 0.15) is 25.5 Å². The molecule has 1 atom stereocenters. The zero-order valence-corrected chi connectivity index (χ0v) is 21.0. The zero-order valence-electron chi connectivity index (χ0n) is 21.0. The molecule has 10 heteroatoms. The first-order valence-corrected chi connectivity index (χ1v) is 12.3. The van der Waals surface area contributed by atoms with Gasteiger partial charge < -0.3 is 24.2 Å². The number of para-hydroxylation sites is 1. The Balaban J connectivity index is 1.12. The molecule has 2 saturated heterocycles. The van der Waals surface area contributed by atoms with E-state index in [9.17, 15) is 9.90 Å². The van der Waals surface area contributed by atoms with Crippen LogP contribution in [0.4, 0.5) is 11.6 Å². The molecule has 0 aliphatic carbocycles. The summed E-state index contributed by atoms with van der Waals surface area (Å²) in [5.74, 6) is 1.63. The van der Waals surface area contributed by atoms with Gasteiger partial charge in [0.25, 0.3) is 0 Å². The number of ether oxygens (including phenoxy) is 1. The molecular weight excluding hydrogens is 472 g/mol. The Morgan fingerprint density at radius 1 is 1.00 bits per heavy atom. The average molecular weight is 501 g/mol. The van der Waals surface area contributed by atoms with E-state index < -0.39 is 5.92 Å². The number of esters is 1. The quantitative estimate of drug-likeness (QED) is 0.393. The third kappa shape index (κ3) is 4.02. The fraction of sp³-hybridized carbons (Fsp3) is 0.370. The van der Waals surface area contributed by atoms with Gasteiger partial charge in [0.15, 0.2) is 11.6 Å². The second-order valence-corrected chi connectivity index (χ2v) is 10.4. The van der Waals surface area contributed by atoms with E-state index in [4.69, 9.17) is 14.2 Å². The number of pyridine rings is 1. The Hall–Kier alpha value is -4.21. The average Bonchev–Trinajstić information content (AvgIpc) is 3.31. The lowest BCUT2D eigenvalue weighted by atomic mass is 9.73. The predicted molar refractivity (Wildman–Crippen MR) is 137 cm³/mol. The van der Waals surface area contributed by atoms with Crippen molar-refractivity contribution in [3.05, 3.63) is 54.3 Å². The van der Waals surface area contributed by atoms with Crippen LogP contribution in [-0.2, 0) is 9.53 Å². The Kier molecular flexibility index (Phi) is 5.47. The highest BCUT2D eigenvalue weighted by Gasteiger charge is 2.53. The first-order valence-electron chi connectivity index (χ1n) is 12.3. The molecule has 1 spiro atoms. The number of benzene rings is 1. The Labute approximate surface area is 213 Å². The lowest BCUT2D eigenvalue weighted by molar-refractivity contribution is -0.144. The molecule has 0 bridgehead atoms. The van der Waals surface area contributed by atoms with Gasteiger partial charge in [0.1, 0.15) is 23.0 Å². The van der Waals surface area contributed by atoms with Gasteiger partial charge in [-0.3, -0.25) is 4.79 Å². The highest BCUT2D eigenvalue weighted by molar-refractivity contribution is 5.81. The maximum absolute atomic E-state index is 12.2. The van der Waals surface area contributed by atoms with Gasteiger partial charge in [-0.25, -0.2) is 4.98 Å². The molecule has 10 nitrogen and oxygen atoms in total. The van der Waals surface area contributed by atoms with Crippen LogP contribution in [0.3, 0.4) is 0 Å². The molecule has 37 heavy (non-hydrogen) atoms. The van der Waals surface area contributed by atoms with Crippen molar-refractivity contribution >= 4 is 28.6 Å². The third-order valence-corrected chi connectivity index (χ3v) is 7.30. The smallest absolute Gasteiger partial charge is 0.316 e. The second-order valence-electron chi connectivity index (χ2n) is 10.4. The number of fused-ring (bicyclic) bond motifs is 1. The van der Waals surface area contributed by atoms with Crippen LogP contribution >= 0.6 is 0 Å². The summed E-state index contributed by atoms with van der Waals surface area (Å²) in [4.78, 5) is 21.5. The molecule has 1 aromatic carbocycles. The van der Waals surface area contributed by atoms with Crippen LogP contribution in [0.5, 0.6) is 5.75 Å². The number of hydrogen-bond acceptors (Lipinski definition) is 10. The minimum absolute atomic E-state index is 0.0473. The van der Waals surface area contributed by atoms with E-state index in [1.165, 1.54) is 7.11 Å². The molecule has 190 valence electrons. The highest BCUT2D eigenvalue weighted by Crippen LogP contribution is 2.44. The number of rotatable bonds is 6. The minimum Gasteiger partial charge on any atom is -0.507 e. The van der Waals surface area contributed by atoms with Crippen LogP contribution < -0.4 is 9.80 Å². The number of anilines is 2. The highest BCUT2D eigenvalue weighted by atomic mass is 16.5. The fourth-order valence-corrected chi connectivity index (χ4v) is 5.38. The molecular formula is C27H28N6O4. The number of methoxy groups -OCH3 is 1. The number of carbonyl (C=O) groups is 1. The van der Waals surface area contributed by atoms with Gasteiger partial charge in [0, 0.05) is 43.2 Å². The molecule has 1 unspecified atom stereocenters. The van der Waals surface area contributed by atoms with E-state index in [0.717, 1.165) is 43.3 Å². The Bertz CT molecular complexity index is 1470. The van der Waals surface area contributed by atoms with Crippen molar-refractivity contribution < 1.29 is 19.2 Å². The van der Waals surface area contributed by atoms with Gasteiger partial charge in [-0.15, -0.1) is 10.2 Å². The second kappa shape index (κ2) is 8.72. The van der Waals surface area contributed by atoms with Crippen LogP contribution in [0.15, 0.2) is 53.1 Å². The van der Waals surface area contributed by atoms with Gasteiger partial charge in [-0.2, -0.15) is 0 Å². The topological polar surface area (TPSA) is 118 Å². The van der Waals surface area contributed by atoms with Crippen molar-refractivity contribution in [2.45, 2.75) is 19.8 Å².